The minimum absolute atomic E-state index is 0.0401. The van der Waals surface area contributed by atoms with E-state index in [0.29, 0.717) is 24.2 Å². The Balaban J connectivity index is 1.85. The van der Waals surface area contributed by atoms with Crippen molar-refractivity contribution < 1.29 is 14.3 Å². The van der Waals surface area contributed by atoms with Crippen LogP contribution in [0.25, 0.3) is 10.9 Å². The van der Waals surface area contributed by atoms with Crippen LogP contribution in [0, 0.1) is 5.82 Å². The molecule has 3 heterocycles. The van der Waals surface area contributed by atoms with Crippen molar-refractivity contribution in [2.24, 2.45) is 5.73 Å². The summed E-state index contributed by atoms with van der Waals surface area (Å²) in [5.74, 6) is -1.72. The predicted molar refractivity (Wildman–Crippen MR) is 95.4 cm³/mol. The SMILES string of the molecule is N[C@@H]1CCN2c3c(F)cc4c(=O)c(C(=O)O)cn(C5CC5)c4c3CC[C@H]12. The Labute approximate surface area is 149 Å². The summed E-state index contributed by atoms with van der Waals surface area (Å²) in [7, 11) is 0. The monoisotopic (exact) mass is 357 g/mol. The van der Waals surface area contributed by atoms with Gasteiger partial charge in [0, 0.05) is 41.8 Å². The molecule has 5 rings (SSSR count). The van der Waals surface area contributed by atoms with Crippen LogP contribution < -0.4 is 16.1 Å². The van der Waals surface area contributed by atoms with Gasteiger partial charge in [0.25, 0.3) is 0 Å². The van der Waals surface area contributed by atoms with Crippen molar-refractivity contribution >= 4 is 22.6 Å². The average molecular weight is 357 g/mol. The van der Waals surface area contributed by atoms with E-state index in [1.165, 1.54) is 12.3 Å². The number of aryl methyl sites for hydroxylation is 1. The molecule has 2 atom stereocenters. The van der Waals surface area contributed by atoms with E-state index in [-0.39, 0.29) is 29.1 Å². The van der Waals surface area contributed by atoms with Crippen LogP contribution in [0.4, 0.5) is 10.1 Å². The molecule has 1 aromatic heterocycles. The zero-order valence-electron chi connectivity index (χ0n) is 14.2. The number of hydrogen-bond acceptors (Lipinski definition) is 4. The Bertz CT molecular complexity index is 1010. The second kappa shape index (κ2) is 5.30. The van der Waals surface area contributed by atoms with Gasteiger partial charge in [0.05, 0.1) is 11.2 Å². The van der Waals surface area contributed by atoms with Gasteiger partial charge < -0.3 is 20.3 Å². The van der Waals surface area contributed by atoms with E-state index >= 15 is 4.39 Å². The van der Waals surface area contributed by atoms with E-state index in [9.17, 15) is 14.7 Å². The molecule has 0 unspecified atom stereocenters. The Morgan fingerprint density at radius 1 is 1.27 bits per heavy atom. The predicted octanol–water partition coefficient (Wildman–Crippen LogP) is 2.03. The molecule has 6 nitrogen and oxygen atoms in total. The average Bonchev–Trinajstić information content (AvgIpc) is 3.38. The largest absolute Gasteiger partial charge is 0.477 e. The molecular weight excluding hydrogens is 337 g/mol. The fourth-order valence-electron chi connectivity index (χ4n) is 4.72. The summed E-state index contributed by atoms with van der Waals surface area (Å²) >= 11 is 0. The van der Waals surface area contributed by atoms with Crippen LogP contribution in [-0.4, -0.2) is 34.3 Å². The molecule has 7 heteroatoms. The Kier molecular flexibility index (Phi) is 3.22. The molecule has 1 saturated heterocycles. The van der Waals surface area contributed by atoms with Crippen LogP contribution >= 0.6 is 0 Å². The second-order valence-electron chi connectivity index (χ2n) is 7.65. The van der Waals surface area contributed by atoms with Crippen molar-refractivity contribution in [2.75, 3.05) is 11.4 Å². The molecule has 2 aromatic rings. The van der Waals surface area contributed by atoms with Gasteiger partial charge in [-0.1, -0.05) is 0 Å². The smallest absolute Gasteiger partial charge is 0.341 e. The van der Waals surface area contributed by atoms with Crippen molar-refractivity contribution in [3.05, 3.63) is 39.4 Å². The van der Waals surface area contributed by atoms with Crippen LogP contribution in [0.1, 0.15) is 47.6 Å². The molecule has 3 aliphatic rings. The number of aromatic nitrogens is 1. The van der Waals surface area contributed by atoms with E-state index < -0.39 is 17.2 Å². The maximum Gasteiger partial charge on any atom is 0.341 e. The highest BCUT2D eigenvalue weighted by Gasteiger charge is 2.39. The van der Waals surface area contributed by atoms with E-state index in [1.54, 1.807) is 0 Å². The first-order valence-electron chi connectivity index (χ1n) is 9.13. The molecule has 0 spiro atoms. The third-order valence-corrected chi connectivity index (χ3v) is 6.09. The van der Waals surface area contributed by atoms with E-state index in [4.69, 9.17) is 5.73 Å². The van der Waals surface area contributed by atoms with Crippen LogP contribution in [-0.2, 0) is 6.42 Å². The Hall–Kier alpha value is -2.41. The molecule has 26 heavy (non-hydrogen) atoms. The number of nitrogens with two attached hydrogens (primary N) is 1. The molecule has 3 N–H and O–H groups in total. The molecule has 2 aliphatic heterocycles. The molecule has 0 radical (unpaired) electrons. The second-order valence-corrected chi connectivity index (χ2v) is 7.65. The number of fused-ring (bicyclic) bond motifs is 5. The standard InChI is InChI=1S/C19H20FN3O3/c20-13-7-11-16(10-3-4-15-14(21)5-6-22(15)17(10)13)23(9-1-2-9)8-12(18(11)24)19(25)26/h7-9,14-15H,1-6,21H2,(H,25,26)/t14-,15-/m1/s1. The fourth-order valence-corrected chi connectivity index (χ4v) is 4.72. The number of halogens is 1. The Morgan fingerprint density at radius 3 is 2.73 bits per heavy atom. The molecule has 2 fully saturated rings. The number of aromatic carboxylic acids is 1. The van der Waals surface area contributed by atoms with E-state index in [0.717, 1.165) is 31.2 Å². The van der Waals surface area contributed by atoms with Crippen molar-refractivity contribution in [2.45, 2.75) is 50.2 Å². The first-order chi connectivity index (χ1) is 12.5. The van der Waals surface area contributed by atoms with Crippen molar-refractivity contribution in [3.8, 4) is 0 Å². The normalized spacial score (nSPS) is 24.6. The number of hydrogen-bond donors (Lipinski definition) is 2. The van der Waals surface area contributed by atoms with Crippen molar-refractivity contribution in [1.29, 1.82) is 0 Å². The molecule has 1 saturated carbocycles. The number of rotatable bonds is 2. The first kappa shape index (κ1) is 15.8. The lowest BCUT2D eigenvalue weighted by molar-refractivity contribution is 0.0695. The summed E-state index contributed by atoms with van der Waals surface area (Å²) in [6.07, 6.45) is 5.64. The first-order valence-corrected chi connectivity index (χ1v) is 9.13. The lowest BCUT2D eigenvalue weighted by atomic mass is 9.91. The van der Waals surface area contributed by atoms with E-state index in [1.807, 2.05) is 9.47 Å². The topological polar surface area (TPSA) is 88.6 Å². The number of nitrogens with zero attached hydrogens (tertiary/aromatic N) is 2. The quantitative estimate of drug-likeness (QED) is 0.858. The van der Waals surface area contributed by atoms with Crippen molar-refractivity contribution in [3.63, 3.8) is 0 Å². The van der Waals surface area contributed by atoms with Gasteiger partial charge in [0.2, 0.25) is 5.43 Å². The highest BCUT2D eigenvalue weighted by molar-refractivity contribution is 5.95. The van der Waals surface area contributed by atoms with Gasteiger partial charge in [-0.3, -0.25) is 4.79 Å². The van der Waals surface area contributed by atoms with Gasteiger partial charge in [-0.15, -0.1) is 0 Å². The van der Waals surface area contributed by atoms with Crippen LogP contribution in [0.3, 0.4) is 0 Å². The van der Waals surface area contributed by atoms with Gasteiger partial charge in [-0.05, 0) is 38.2 Å². The fraction of sp³-hybridized carbons (Fsp3) is 0.474. The number of anilines is 1. The minimum Gasteiger partial charge on any atom is -0.477 e. The molecule has 0 bridgehead atoms. The van der Waals surface area contributed by atoms with Gasteiger partial charge in [0.15, 0.2) is 0 Å². The zero-order valence-corrected chi connectivity index (χ0v) is 14.2. The van der Waals surface area contributed by atoms with Gasteiger partial charge in [-0.25, -0.2) is 9.18 Å². The van der Waals surface area contributed by atoms with Gasteiger partial charge >= 0.3 is 5.97 Å². The van der Waals surface area contributed by atoms with Gasteiger partial charge in [-0.2, -0.15) is 0 Å². The van der Waals surface area contributed by atoms with E-state index in [2.05, 4.69) is 0 Å². The minimum atomic E-state index is -1.27. The van der Waals surface area contributed by atoms with Crippen molar-refractivity contribution in [1.82, 2.24) is 4.57 Å². The lowest BCUT2D eigenvalue weighted by Crippen LogP contribution is -2.43. The third kappa shape index (κ3) is 2.06. The molecule has 136 valence electrons. The number of benzene rings is 1. The summed E-state index contributed by atoms with van der Waals surface area (Å²) in [4.78, 5) is 26.2. The lowest BCUT2D eigenvalue weighted by Gasteiger charge is -2.36. The highest BCUT2D eigenvalue weighted by Crippen LogP contribution is 2.44. The summed E-state index contributed by atoms with van der Waals surface area (Å²) in [5, 5.41) is 9.56. The molecule has 1 aliphatic carbocycles. The van der Waals surface area contributed by atoms with Crippen LogP contribution in [0.5, 0.6) is 0 Å². The number of carboxylic acid groups (broad SMARTS) is 1. The number of carbonyl (C=O) groups is 1. The molecule has 1 aromatic carbocycles. The maximum absolute atomic E-state index is 15.0. The Morgan fingerprint density at radius 2 is 2.04 bits per heavy atom. The maximum atomic E-state index is 15.0. The third-order valence-electron chi connectivity index (χ3n) is 6.09. The molecule has 0 amide bonds. The zero-order chi connectivity index (χ0) is 18.2. The van der Waals surface area contributed by atoms with Crippen LogP contribution in [0.15, 0.2) is 17.1 Å². The summed E-state index contributed by atoms with van der Waals surface area (Å²) < 4.78 is 16.9. The number of carboxylic acids is 1. The summed E-state index contributed by atoms with van der Waals surface area (Å²) in [6.45, 7) is 0.710. The van der Waals surface area contributed by atoms with Gasteiger partial charge in [0.1, 0.15) is 11.4 Å². The number of pyridine rings is 1. The molecular formula is C19H20FN3O3. The van der Waals surface area contributed by atoms with Crippen LogP contribution in [0.2, 0.25) is 0 Å². The summed E-state index contributed by atoms with van der Waals surface area (Å²) in [5.41, 5.74) is 7.38. The highest BCUT2D eigenvalue weighted by atomic mass is 19.1. The summed E-state index contributed by atoms with van der Waals surface area (Å²) in [6, 6.07) is 1.59.